The molecule has 2 heteroatoms. The molecule has 0 aromatic carbocycles. The van der Waals surface area contributed by atoms with E-state index in [2.05, 4.69) is 71.4 Å². The van der Waals surface area contributed by atoms with Gasteiger partial charge in [-0.25, -0.2) is 0 Å². The fourth-order valence-electron chi connectivity index (χ4n) is 2.38. The highest BCUT2D eigenvalue weighted by Gasteiger charge is 2.32. The number of hydrogen-bond acceptors (Lipinski definition) is 2. The van der Waals surface area contributed by atoms with Crippen LogP contribution in [-0.2, 0) is 0 Å². The molecule has 0 aliphatic carbocycles. The SMILES string of the molecule is CC(C)=C1N(C(C)C)C=C(C(C)C)N1C(C)C. The van der Waals surface area contributed by atoms with Gasteiger partial charge in [-0.3, -0.25) is 0 Å². The summed E-state index contributed by atoms with van der Waals surface area (Å²) in [5.41, 5.74) is 2.82. The Morgan fingerprint density at radius 1 is 0.941 bits per heavy atom. The minimum atomic E-state index is 0.511. The number of hydrogen-bond donors (Lipinski definition) is 0. The van der Waals surface area contributed by atoms with Crippen LogP contribution < -0.4 is 0 Å². The Bertz CT molecular complexity index is 331. The zero-order valence-electron chi connectivity index (χ0n) is 12.7. The zero-order chi connectivity index (χ0) is 13.3. The third-order valence-electron chi connectivity index (χ3n) is 3.13. The topological polar surface area (TPSA) is 6.48 Å². The van der Waals surface area contributed by atoms with Crippen LogP contribution in [-0.4, -0.2) is 21.9 Å². The first-order valence-electron chi connectivity index (χ1n) is 6.74. The standard InChI is InChI=1S/C15H28N2/c1-10(2)14-9-16(12(5)6)15(11(3)4)17(14)13(7)8/h9-10,12-13H,1-8H3. The van der Waals surface area contributed by atoms with Crippen LogP contribution in [0.2, 0.25) is 0 Å². The molecule has 0 radical (unpaired) electrons. The molecule has 1 aliphatic heterocycles. The molecule has 2 nitrogen and oxygen atoms in total. The lowest BCUT2D eigenvalue weighted by Crippen LogP contribution is -2.34. The molecule has 98 valence electrons. The second-order valence-electron chi connectivity index (χ2n) is 6.00. The normalized spacial score (nSPS) is 16.6. The maximum Gasteiger partial charge on any atom is 0.111 e. The van der Waals surface area contributed by atoms with Gasteiger partial charge in [-0.1, -0.05) is 13.8 Å². The Morgan fingerprint density at radius 3 is 1.76 bits per heavy atom. The van der Waals surface area contributed by atoms with Crippen molar-refractivity contribution in [1.29, 1.82) is 0 Å². The Kier molecular flexibility index (Phi) is 4.29. The van der Waals surface area contributed by atoms with Crippen molar-refractivity contribution in [3.8, 4) is 0 Å². The number of allylic oxidation sites excluding steroid dienone is 2. The first-order chi connectivity index (χ1) is 7.77. The van der Waals surface area contributed by atoms with Gasteiger partial charge in [-0.2, -0.15) is 0 Å². The summed E-state index contributed by atoms with van der Waals surface area (Å²) in [6, 6.07) is 1.02. The monoisotopic (exact) mass is 236 g/mol. The first-order valence-corrected chi connectivity index (χ1v) is 6.74. The van der Waals surface area contributed by atoms with E-state index >= 15 is 0 Å². The van der Waals surface area contributed by atoms with E-state index in [4.69, 9.17) is 0 Å². The molecule has 0 saturated carbocycles. The number of rotatable bonds is 3. The van der Waals surface area contributed by atoms with Crippen LogP contribution >= 0.6 is 0 Å². The van der Waals surface area contributed by atoms with Gasteiger partial charge in [0, 0.05) is 24.0 Å². The van der Waals surface area contributed by atoms with E-state index in [0.29, 0.717) is 18.0 Å². The van der Waals surface area contributed by atoms with Crippen LogP contribution in [0.15, 0.2) is 23.3 Å². The first kappa shape index (κ1) is 14.1. The van der Waals surface area contributed by atoms with Crippen LogP contribution in [0.5, 0.6) is 0 Å². The minimum absolute atomic E-state index is 0.511. The molecule has 1 aliphatic rings. The summed E-state index contributed by atoms with van der Waals surface area (Å²) in [5, 5.41) is 0. The highest BCUT2D eigenvalue weighted by molar-refractivity contribution is 5.27. The summed E-state index contributed by atoms with van der Waals surface area (Å²) < 4.78 is 0. The van der Waals surface area contributed by atoms with Gasteiger partial charge in [0.15, 0.2) is 0 Å². The summed E-state index contributed by atoms with van der Waals surface area (Å²) in [6.07, 6.45) is 2.33. The fourth-order valence-corrected chi connectivity index (χ4v) is 2.38. The van der Waals surface area contributed by atoms with Crippen molar-refractivity contribution >= 4 is 0 Å². The summed E-state index contributed by atoms with van der Waals surface area (Å²) in [5.74, 6) is 1.94. The highest BCUT2D eigenvalue weighted by Crippen LogP contribution is 2.35. The van der Waals surface area contributed by atoms with E-state index in [0.717, 1.165) is 0 Å². The molecule has 0 unspecified atom stereocenters. The largest absolute Gasteiger partial charge is 0.330 e. The van der Waals surface area contributed by atoms with Crippen LogP contribution in [0.3, 0.4) is 0 Å². The predicted molar refractivity (Wildman–Crippen MR) is 75.2 cm³/mol. The van der Waals surface area contributed by atoms with Crippen LogP contribution in [0.1, 0.15) is 55.4 Å². The van der Waals surface area contributed by atoms with Gasteiger partial charge < -0.3 is 9.80 Å². The van der Waals surface area contributed by atoms with Crippen molar-refractivity contribution in [3.63, 3.8) is 0 Å². The second-order valence-corrected chi connectivity index (χ2v) is 6.00. The Labute approximate surface area is 107 Å². The molecule has 1 rings (SSSR count). The zero-order valence-corrected chi connectivity index (χ0v) is 12.7. The third-order valence-corrected chi connectivity index (χ3v) is 3.13. The van der Waals surface area contributed by atoms with Crippen LogP contribution in [0.25, 0.3) is 0 Å². The maximum absolute atomic E-state index is 2.49. The number of nitrogens with zero attached hydrogens (tertiary/aromatic N) is 2. The van der Waals surface area contributed by atoms with Crippen molar-refractivity contribution in [1.82, 2.24) is 9.80 Å². The summed E-state index contributed by atoms with van der Waals surface area (Å²) >= 11 is 0. The molecule has 1 heterocycles. The molecule has 0 bridgehead atoms. The molecular formula is C15H28N2. The average molecular weight is 236 g/mol. The van der Waals surface area contributed by atoms with E-state index in [1.54, 1.807) is 0 Å². The lowest BCUT2D eigenvalue weighted by atomic mass is 10.1. The summed E-state index contributed by atoms with van der Waals surface area (Å²) in [4.78, 5) is 4.89. The second kappa shape index (κ2) is 5.16. The maximum atomic E-state index is 2.49. The Morgan fingerprint density at radius 2 is 1.47 bits per heavy atom. The lowest BCUT2D eigenvalue weighted by molar-refractivity contribution is 0.260. The van der Waals surface area contributed by atoms with E-state index in [1.165, 1.54) is 17.1 Å². The van der Waals surface area contributed by atoms with Gasteiger partial charge in [0.1, 0.15) is 5.82 Å². The van der Waals surface area contributed by atoms with Gasteiger partial charge in [-0.05, 0) is 53.0 Å². The van der Waals surface area contributed by atoms with Crippen LogP contribution in [0, 0.1) is 5.92 Å². The van der Waals surface area contributed by atoms with Gasteiger partial charge in [0.2, 0.25) is 0 Å². The van der Waals surface area contributed by atoms with Crippen LogP contribution in [0.4, 0.5) is 0 Å². The molecule has 0 saturated heterocycles. The van der Waals surface area contributed by atoms with E-state index in [9.17, 15) is 0 Å². The van der Waals surface area contributed by atoms with E-state index < -0.39 is 0 Å². The molecule has 0 amide bonds. The quantitative estimate of drug-likeness (QED) is 0.725. The molecule has 0 spiro atoms. The molecule has 0 aromatic heterocycles. The van der Waals surface area contributed by atoms with E-state index in [-0.39, 0.29) is 0 Å². The smallest absolute Gasteiger partial charge is 0.111 e. The van der Waals surface area contributed by atoms with Crippen molar-refractivity contribution < 1.29 is 0 Å². The summed E-state index contributed by atoms with van der Waals surface area (Å²) in [7, 11) is 0. The molecule has 17 heavy (non-hydrogen) atoms. The van der Waals surface area contributed by atoms with Crippen molar-refractivity contribution in [2.75, 3.05) is 0 Å². The van der Waals surface area contributed by atoms with Gasteiger partial charge in [0.05, 0.1) is 0 Å². The molecule has 0 N–H and O–H groups in total. The molecule has 0 atom stereocenters. The minimum Gasteiger partial charge on any atom is -0.330 e. The predicted octanol–water partition coefficient (Wildman–Crippen LogP) is 4.17. The van der Waals surface area contributed by atoms with Crippen molar-refractivity contribution in [2.24, 2.45) is 5.92 Å². The van der Waals surface area contributed by atoms with Crippen molar-refractivity contribution in [2.45, 2.75) is 67.5 Å². The highest BCUT2D eigenvalue weighted by atomic mass is 15.4. The molecule has 0 aromatic rings. The average Bonchev–Trinajstić information content (AvgIpc) is 2.56. The van der Waals surface area contributed by atoms with Gasteiger partial charge >= 0.3 is 0 Å². The summed E-state index contributed by atoms with van der Waals surface area (Å²) in [6.45, 7) is 18.0. The Balaban J connectivity index is 3.25. The third kappa shape index (κ3) is 2.67. The lowest BCUT2D eigenvalue weighted by Gasteiger charge is -2.34. The Hall–Kier alpha value is -0.920. The van der Waals surface area contributed by atoms with E-state index in [1.807, 2.05) is 0 Å². The molecule has 0 fully saturated rings. The van der Waals surface area contributed by atoms with Crippen molar-refractivity contribution in [3.05, 3.63) is 23.3 Å². The fraction of sp³-hybridized carbons (Fsp3) is 0.733. The molecular weight excluding hydrogens is 208 g/mol. The van der Waals surface area contributed by atoms with Gasteiger partial charge in [0.25, 0.3) is 0 Å². The van der Waals surface area contributed by atoms with Gasteiger partial charge in [-0.15, -0.1) is 0 Å².